The van der Waals surface area contributed by atoms with E-state index >= 15 is 0 Å². The molecule has 2 nitrogen and oxygen atoms in total. The number of rotatable bonds is 2. The molecule has 0 aromatic heterocycles. The second kappa shape index (κ2) is 4.62. The molecule has 0 unspecified atom stereocenters. The SMILES string of the molecule is CC(C)(C)c1cc(C(=O)CBr)cc2c1OCC2(C)C. The van der Waals surface area contributed by atoms with Crippen LogP contribution in [0, 0.1) is 0 Å². The summed E-state index contributed by atoms with van der Waals surface area (Å²) in [5.74, 6) is 1.10. The highest BCUT2D eigenvalue weighted by molar-refractivity contribution is 9.09. The summed E-state index contributed by atoms with van der Waals surface area (Å²) in [6.07, 6.45) is 0. The molecule has 104 valence electrons. The van der Waals surface area contributed by atoms with Gasteiger partial charge in [0.15, 0.2) is 5.78 Å². The van der Waals surface area contributed by atoms with Gasteiger partial charge in [-0.1, -0.05) is 50.5 Å². The highest BCUT2D eigenvalue weighted by Gasteiger charge is 2.36. The van der Waals surface area contributed by atoms with Gasteiger partial charge in [0, 0.05) is 22.1 Å². The molecule has 1 aliphatic rings. The van der Waals surface area contributed by atoms with Crippen LogP contribution in [0.4, 0.5) is 0 Å². The van der Waals surface area contributed by atoms with Crippen LogP contribution in [0.25, 0.3) is 0 Å². The summed E-state index contributed by atoms with van der Waals surface area (Å²) in [6.45, 7) is 11.5. The fourth-order valence-corrected chi connectivity index (χ4v) is 2.74. The zero-order chi connectivity index (χ0) is 14.4. The number of Topliss-reactive ketones (excluding diaryl/α,β-unsaturated/α-hetero) is 1. The van der Waals surface area contributed by atoms with Crippen molar-refractivity contribution >= 4 is 21.7 Å². The van der Waals surface area contributed by atoms with Crippen molar-refractivity contribution < 1.29 is 9.53 Å². The molecule has 0 saturated carbocycles. The minimum Gasteiger partial charge on any atom is -0.492 e. The lowest BCUT2D eigenvalue weighted by molar-refractivity contribution is 0.102. The van der Waals surface area contributed by atoms with Gasteiger partial charge < -0.3 is 4.74 Å². The summed E-state index contributed by atoms with van der Waals surface area (Å²) in [7, 11) is 0. The Kier molecular flexibility index (Phi) is 3.54. The van der Waals surface area contributed by atoms with Crippen molar-refractivity contribution in [2.75, 3.05) is 11.9 Å². The average molecular weight is 325 g/mol. The second-order valence-electron chi connectivity index (χ2n) is 6.88. The monoisotopic (exact) mass is 324 g/mol. The molecule has 1 aromatic rings. The van der Waals surface area contributed by atoms with Crippen molar-refractivity contribution in [2.24, 2.45) is 0 Å². The number of halogens is 1. The maximum Gasteiger partial charge on any atom is 0.173 e. The number of benzene rings is 1. The van der Waals surface area contributed by atoms with Crippen molar-refractivity contribution in [1.29, 1.82) is 0 Å². The normalized spacial score (nSPS) is 16.9. The molecule has 2 rings (SSSR count). The van der Waals surface area contributed by atoms with Gasteiger partial charge in [0.2, 0.25) is 0 Å². The van der Waals surface area contributed by atoms with Crippen LogP contribution in [0.1, 0.15) is 56.1 Å². The van der Waals surface area contributed by atoms with Crippen LogP contribution >= 0.6 is 15.9 Å². The highest BCUT2D eigenvalue weighted by Crippen LogP contribution is 2.45. The van der Waals surface area contributed by atoms with E-state index in [0.29, 0.717) is 11.9 Å². The van der Waals surface area contributed by atoms with Crippen LogP contribution in [-0.4, -0.2) is 17.7 Å². The Morgan fingerprint density at radius 1 is 1.37 bits per heavy atom. The number of fused-ring (bicyclic) bond motifs is 1. The number of hydrogen-bond donors (Lipinski definition) is 0. The van der Waals surface area contributed by atoms with Gasteiger partial charge in [0.1, 0.15) is 5.75 Å². The number of ketones is 1. The summed E-state index contributed by atoms with van der Waals surface area (Å²) in [5.41, 5.74) is 2.99. The van der Waals surface area contributed by atoms with Crippen LogP contribution in [0.5, 0.6) is 5.75 Å². The standard InChI is InChI=1S/C16H21BrO2/c1-15(2,3)11-6-10(13(18)8-17)7-12-14(11)19-9-16(12,4)5/h6-7H,8-9H2,1-5H3. The third-order valence-corrected chi connectivity index (χ3v) is 4.16. The summed E-state index contributed by atoms with van der Waals surface area (Å²) in [5, 5.41) is 0.358. The van der Waals surface area contributed by atoms with E-state index in [2.05, 4.69) is 50.5 Å². The Hall–Kier alpha value is -0.830. The molecular weight excluding hydrogens is 304 g/mol. The molecule has 0 radical (unpaired) electrons. The predicted molar refractivity (Wildman–Crippen MR) is 81.8 cm³/mol. The average Bonchev–Trinajstić information content (AvgIpc) is 2.62. The van der Waals surface area contributed by atoms with E-state index in [1.807, 2.05) is 12.1 Å². The molecule has 3 heteroatoms. The first-order valence-electron chi connectivity index (χ1n) is 6.58. The van der Waals surface area contributed by atoms with Gasteiger partial charge in [-0.05, 0) is 17.5 Å². The van der Waals surface area contributed by atoms with E-state index in [1.54, 1.807) is 0 Å². The third kappa shape index (κ3) is 2.58. The molecule has 0 spiro atoms. The number of ether oxygens (including phenoxy) is 1. The Morgan fingerprint density at radius 3 is 2.53 bits per heavy atom. The molecule has 1 aromatic carbocycles. The van der Waals surface area contributed by atoms with Gasteiger partial charge in [0.25, 0.3) is 0 Å². The maximum atomic E-state index is 12.0. The molecule has 0 N–H and O–H groups in total. The van der Waals surface area contributed by atoms with Crippen LogP contribution in [-0.2, 0) is 10.8 Å². The lowest BCUT2D eigenvalue weighted by atomic mass is 9.79. The van der Waals surface area contributed by atoms with Crippen LogP contribution in [0.15, 0.2) is 12.1 Å². The van der Waals surface area contributed by atoms with E-state index in [0.717, 1.165) is 22.4 Å². The Bertz CT molecular complexity index is 524. The number of alkyl halides is 1. The van der Waals surface area contributed by atoms with Crippen molar-refractivity contribution in [3.8, 4) is 5.75 Å². The van der Waals surface area contributed by atoms with E-state index < -0.39 is 0 Å². The van der Waals surface area contributed by atoms with E-state index in [9.17, 15) is 4.79 Å². The summed E-state index contributed by atoms with van der Waals surface area (Å²) >= 11 is 3.25. The maximum absolute atomic E-state index is 12.0. The van der Waals surface area contributed by atoms with E-state index in [-0.39, 0.29) is 16.6 Å². The molecule has 0 amide bonds. The number of carbonyl (C=O) groups excluding carboxylic acids is 1. The third-order valence-electron chi connectivity index (χ3n) is 3.65. The van der Waals surface area contributed by atoms with Crippen molar-refractivity contribution in [3.63, 3.8) is 0 Å². The fraction of sp³-hybridized carbons (Fsp3) is 0.562. The Morgan fingerprint density at radius 2 is 2.00 bits per heavy atom. The second-order valence-corrected chi connectivity index (χ2v) is 7.44. The minimum atomic E-state index is -0.0346. The van der Waals surface area contributed by atoms with Crippen LogP contribution in [0.3, 0.4) is 0 Å². The first-order valence-corrected chi connectivity index (χ1v) is 7.70. The summed E-state index contributed by atoms with van der Waals surface area (Å²) in [4.78, 5) is 12.0. The molecule has 19 heavy (non-hydrogen) atoms. The lowest BCUT2D eigenvalue weighted by Gasteiger charge is -2.23. The van der Waals surface area contributed by atoms with Crippen molar-refractivity contribution in [3.05, 3.63) is 28.8 Å². The van der Waals surface area contributed by atoms with Gasteiger partial charge in [-0.15, -0.1) is 0 Å². The van der Waals surface area contributed by atoms with E-state index in [4.69, 9.17) is 4.74 Å². The summed E-state index contributed by atoms with van der Waals surface area (Å²) < 4.78 is 5.92. The topological polar surface area (TPSA) is 26.3 Å². The first-order chi connectivity index (χ1) is 8.66. The first kappa shape index (κ1) is 14.6. The van der Waals surface area contributed by atoms with Crippen molar-refractivity contribution in [1.82, 2.24) is 0 Å². The predicted octanol–water partition coefficient (Wildman–Crippen LogP) is 4.23. The fourth-order valence-electron chi connectivity index (χ4n) is 2.41. The Labute approximate surface area is 123 Å². The number of carbonyl (C=O) groups is 1. The quantitative estimate of drug-likeness (QED) is 0.601. The van der Waals surface area contributed by atoms with Gasteiger partial charge in [0.05, 0.1) is 11.9 Å². The zero-order valence-electron chi connectivity index (χ0n) is 12.3. The van der Waals surface area contributed by atoms with Gasteiger partial charge in [-0.2, -0.15) is 0 Å². The smallest absolute Gasteiger partial charge is 0.173 e. The molecule has 1 aliphatic heterocycles. The molecule has 1 heterocycles. The molecule has 0 atom stereocenters. The minimum absolute atomic E-state index is 0.0298. The highest BCUT2D eigenvalue weighted by atomic mass is 79.9. The van der Waals surface area contributed by atoms with Gasteiger partial charge in [-0.3, -0.25) is 4.79 Å². The number of hydrogen-bond acceptors (Lipinski definition) is 2. The lowest BCUT2D eigenvalue weighted by Crippen LogP contribution is -2.19. The summed E-state index contributed by atoms with van der Waals surface area (Å²) in [6, 6.07) is 3.99. The van der Waals surface area contributed by atoms with Crippen molar-refractivity contribution in [2.45, 2.75) is 45.4 Å². The largest absolute Gasteiger partial charge is 0.492 e. The van der Waals surface area contributed by atoms with Crippen LogP contribution < -0.4 is 4.74 Å². The molecular formula is C16H21BrO2. The van der Waals surface area contributed by atoms with Gasteiger partial charge >= 0.3 is 0 Å². The van der Waals surface area contributed by atoms with E-state index in [1.165, 1.54) is 0 Å². The molecule has 0 bridgehead atoms. The molecule has 0 saturated heterocycles. The molecule has 0 fully saturated rings. The van der Waals surface area contributed by atoms with Crippen LogP contribution in [0.2, 0.25) is 0 Å². The van der Waals surface area contributed by atoms with Gasteiger partial charge in [-0.25, -0.2) is 0 Å². The Balaban J connectivity index is 2.69. The molecule has 0 aliphatic carbocycles. The zero-order valence-corrected chi connectivity index (χ0v) is 13.8.